The zero-order valence-corrected chi connectivity index (χ0v) is 19.5. The normalized spacial score (nSPS) is 10.9. The van der Waals surface area contributed by atoms with Crippen LogP contribution in [-0.4, -0.2) is 31.8 Å². The first-order valence-corrected chi connectivity index (χ1v) is 11.8. The molecule has 5 aromatic rings. The van der Waals surface area contributed by atoms with E-state index < -0.39 is 0 Å². The molecule has 33 heavy (non-hydrogen) atoms. The summed E-state index contributed by atoms with van der Waals surface area (Å²) in [6.45, 7) is 0. The molecule has 3 aromatic carbocycles. The molecule has 2 heterocycles. The van der Waals surface area contributed by atoms with Gasteiger partial charge in [0.1, 0.15) is 11.6 Å². The largest absolute Gasteiger partial charge is 0.497 e. The summed E-state index contributed by atoms with van der Waals surface area (Å²) < 4.78 is 7.74. The molecule has 164 valence electrons. The van der Waals surface area contributed by atoms with Crippen LogP contribution in [0.25, 0.3) is 28.2 Å². The average Bonchev–Trinajstić information content (AvgIpc) is 3.47. The molecule has 8 heteroatoms. The van der Waals surface area contributed by atoms with Crippen LogP contribution in [0, 0.1) is 4.77 Å². The molecular weight excluding hydrogens is 450 g/mol. The van der Waals surface area contributed by atoms with Gasteiger partial charge in [0.05, 0.1) is 24.3 Å². The van der Waals surface area contributed by atoms with E-state index in [0.29, 0.717) is 10.5 Å². The first-order chi connectivity index (χ1) is 16.2. The number of hydrogen-bond acceptors (Lipinski definition) is 5. The first kappa shape index (κ1) is 21.2. The van der Waals surface area contributed by atoms with Gasteiger partial charge < -0.3 is 9.72 Å². The Labute approximate surface area is 200 Å². The van der Waals surface area contributed by atoms with Crippen molar-refractivity contribution in [3.05, 3.63) is 95.5 Å². The van der Waals surface area contributed by atoms with Crippen molar-refractivity contribution in [2.24, 2.45) is 0 Å². The number of methoxy groups -OCH3 is 1. The quantitative estimate of drug-likeness (QED) is 0.216. The third kappa shape index (κ3) is 4.48. The summed E-state index contributed by atoms with van der Waals surface area (Å²) in [5.74, 6) is 2.20. The maximum Gasteiger partial charge on any atom is 0.199 e. The molecule has 0 bridgehead atoms. The maximum atomic E-state index is 5.48. The van der Waals surface area contributed by atoms with Crippen LogP contribution in [0.3, 0.4) is 0 Å². The van der Waals surface area contributed by atoms with Crippen molar-refractivity contribution < 1.29 is 4.74 Å². The van der Waals surface area contributed by atoms with Crippen LogP contribution in [-0.2, 0) is 5.75 Å². The number of aromatic amines is 2. The molecule has 0 atom stereocenters. The second kappa shape index (κ2) is 9.48. The summed E-state index contributed by atoms with van der Waals surface area (Å²) >= 11 is 7.07. The van der Waals surface area contributed by atoms with Gasteiger partial charge in [-0.2, -0.15) is 5.10 Å². The number of hydrogen-bond donors (Lipinski definition) is 2. The van der Waals surface area contributed by atoms with Gasteiger partial charge in [0.25, 0.3) is 0 Å². The molecule has 0 aliphatic rings. The fourth-order valence-electron chi connectivity index (χ4n) is 3.60. The van der Waals surface area contributed by atoms with Gasteiger partial charge in [0.15, 0.2) is 9.93 Å². The minimum absolute atomic E-state index is 0.546. The third-order valence-corrected chi connectivity index (χ3v) is 6.35. The molecule has 0 aliphatic heterocycles. The molecule has 2 aromatic heterocycles. The molecule has 0 spiro atoms. The molecule has 5 rings (SSSR count). The number of aromatic nitrogens is 5. The van der Waals surface area contributed by atoms with Crippen LogP contribution < -0.4 is 4.74 Å². The highest BCUT2D eigenvalue weighted by atomic mass is 32.2. The Morgan fingerprint density at radius 3 is 2.24 bits per heavy atom. The number of rotatable bonds is 7. The smallest absolute Gasteiger partial charge is 0.199 e. The summed E-state index contributed by atoms with van der Waals surface area (Å²) in [6, 6.07) is 28.2. The molecule has 0 aliphatic carbocycles. The monoisotopic (exact) mass is 471 g/mol. The number of nitrogens with zero attached hydrogens (tertiary/aromatic N) is 3. The fraction of sp³-hybridized carbons (Fsp3) is 0.0800. The van der Waals surface area contributed by atoms with Crippen LogP contribution in [0.5, 0.6) is 5.75 Å². The van der Waals surface area contributed by atoms with Crippen LogP contribution >= 0.6 is 24.0 Å². The predicted molar refractivity (Wildman–Crippen MR) is 134 cm³/mol. The molecule has 0 fully saturated rings. The predicted octanol–water partition coefficient (Wildman–Crippen LogP) is 6.29. The Hall–Kier alpha value is -3.62. The SMILES string of the molecule is COc1ccc(-n2c(CSc3nc(-c4ccccc4)c(-c4ccccc4)[nH]3)n[nH]c2=S)cc1. The Morgan fingerprint density at radius 2 is 1.58 bits per heavy atom. The van der Waals surface area contributed by atoms with Crippen LogP contribution in [0.1, 0.15) is 5.82 Å². The molecule has 6 nitrogen and oxygen atoms in total. The topological polar surface area (TPSA) is 71.5 Å². The van der Waals surface area contributed by atoms with E-state index in [1.807, 2.05) is 65.2 Å². The maximum absolute atomic E-state index is 5.48. The van der Waals surface area contributed by atoms with Gasteiger partial charge in [-0.1, -0.05) is 72.4 Å². The van der Waals surface area contributed by atoms with Gasteiger partial charge in [-0.25, -0.2) is 4.98 Å². The molecule has 0 radical (unpaired) electrons. The van der Waals surface area contributed by atoms with Crippen LogP contribution in [0.15, 0.2) is 90.1 Å². The van der Waals surface area contributed by atoms with E-state index in [0.717, 1.165) is 44.9 Å². The molecule has 0 saturated carbocycles. The Bertz CT molecular complexity index is 1350. The minimum Gasteiger partial charge on any atom is -0.497 e. The van der Waals surface area contributed by atoms with Crippen molar-refractivity contribution in [2.45, 2.75) is 10.9 Å². The van der Waals surface area contributed by atoms with Crippen molar-refractivity contribution in [3.8, 4) is 34.0 Å². The summed E-state index contributed by atoms with van der Waals surface area (Å²) in [5.41, 5.74) is 5.02. The van der Waals surface area contributed by atoms with Crippen molar-refractivity contribution in [1.29, 1.82) is 0 Å². The van der Waals surface area contributed by atoms with Gasteiger partial charge in [-0.3, -0.25) is 9.67 Å². The van der Waals surface area contributed by atoms with E-state index in [1.165, 1.54) is 0 Å². The standard InChI is InChI=1S/C25H21N5OS2/c1-31-20-14-12-19(13-15-20)30-21(28-29-25(30)32)16-33-24-26-22(17-8-4-2-5-9-17)23(27-24)18-10-6-3-7-11-18/h2-15H,16H2,1H3,(H,26,27)(H,29,32). The van der Waals surface area contributed by atoms with Crippen LogP contribution in [0.4, 0.5) is 0 Å². The van der Waals surface area contributed by atoms with Gasteiger partial charge >= 0.3 is 0 Å². The van der Waals surface area contributed by atoms with Gasteiger partial charge in [-0.05, 0) is 36.5 Å². The lowest BCUT2D eigenvalue weighted by Crippen LogP contribution is -2.00. The lowest BCUT2D eigenvalue weighted by Gasteiger charge is -2.07. The molecule has 0 amide bonds. The number of thioether (sulfide) groups is 1. The number of ether oxygens (including phenoxy) is 1. The highest BCUT2D eigenvalue weighted by Gasteiger charge is 2.16. The molecule has 2 N–H and O–H groups in total. The first-order valence-electron chi connectivity index (χ1n) is 10.4. The summed E-state index contributed by atoms with van der Waals surface area (Å²) in [6.07, 6.45) is 0. The second-order valence-corrected chi connectivity index (χ2v) is 8.62. The van der Waals surface area contributed by atoms with E-state index in [1.54, 1.807) is 18.9 Å². The summed E-state index contributed by atoms with van der Waals surface area (Å²) in [4.78, 5) is 8.43. The molecular formula is C25H21N5OS2. The third-order valence-electron chi connectivity index (χ3n) is 5.20. The van der Waals surface area contributed by atoms with E-state index in [2.05, 4.69) is 39.4 Å². The van der Waals surface area contributed by atoms with E-state index in [9.17, 15) is 0 Å². The van der Waals surface area contributed by atoms with Crippen molar-refractivity contribution in [3.63, 3.8) is 0 Å². The number of benzene rings is 3. The van der Waals surface area contributed by atoms with E-state index in [4.69, 9.17) is 21.9 Å². The van der Waals surface area contributed by atoms with Gasteiger partial charge in [0.2, 0.25) is 0 Å². The van der Waals surface area contributed by atoms with E-state index in [-0.39, 0.29) is 0 Å². The highest BCUT2D eigenvalue weighted by molar-refractivity contribution is 7.98. The lowest BCUT2D eigenvalue weighted by atomic mass is 10.1. The number of imidazole rings is 1. The molecule has 0 saturated heterocycles. The Balaban J connectivity index is 1.45. The summed E-state index contributed by atoms with van der Waals surface area (Å²) in [5, 5.41) is 8.18. The van der Waals surface area contributed by atoms with E-state index >= 15 is 0 Å². The van der Waals surface area contributed by atoms with Gasteiger partial charge in [0, 0.05) is 16.8 Å². The number of H-pyrrole nitrogens is 2. The second-order valence-electron chi connectivity index (χ2n) is 7.26. The van der Waals surface area contributed by atoms with Crippen LogP contribution in [0.2, 0.25) is 0 Å². The zero-order chi connectivity index (χ0) is 22.6. The van der Waals surface area contributed by atoms with Gasteiger partial charge in [-0.15, -0.1) is 0 Å². The highest BCUT2D eigenvalue weighted by Crippen LogP contribution is 2.33. The minimum atomic E-state index is 0.546. The number of nitrogens with one attached hydrogen (secondary N) is 2. The summed E-state index contributed by atoms with van der Waals surface area (Å²) in [7, 11) is 1.65. The zero-order valence-electron chi connectivity index (χ0n) is 17.9. The average molecular weight is 472 g/mol. The van der Waals surface area contributed by atoms with Crippen molar-refractivity contribution in [2.75, 3.05) is 7.11 Å². The van der Waals surface area contributed by atoms with Crippen molar-refractivity contribution in [1.82, 2.24) is 24.7 Å². The Kier molecular flexibility index (Phi) is 6.10. The lowest BCUT2D eigenvalue weighted by molar-refractivity contribution is 0.414. The fourth-order valence-corrected chi connectivity index (χ4v) is 4.64. The molecule has 0 unspecified atom stereocenters. The van der Waals surface area contributed by atoms with Crippen molar-refractivity contribution >= 4 is 24.0 Å². The Morgan fingerprint density at radius 1 is 0.909 bits per heavy atom.